The Kier molecular flexibility index (Phi) is 3.20. The number of ether oxygens (including phenoxy) is 1. The van der Waals surface area contributed by atoms with Crippen LogP contribution in [-0.4, -0.2) is 12.2 Å². The Labute approximate surface area is 103 Å². The average Bonchev–Trinajstić information content (AvgIpc) is 2.32. The first kappa shape index (κ1) is 11.7. The quantitative estimate of drug-likeness (QED) is 0.879. The van der Waals surface area contributed by atoms with Crippen molar-refractivity contribution in [1.29, 1.82) is 0 Å². The van der Waals surface area contributed by atoms with Crippen molar-refractivity contribution in [1.82, 2.24) is 0 Å². The van der Waals surface area contributed by atoms with Gasteiger partial charge >= 0.3 is 0 Å². The Morgan fingerprint density at radius 1 is 1.18 bits per heavy atom. The lowest BCUT2D eigenvalue weighted by Gasteiger charge is -2.09. The van der Waals surface area contributed by atoms with Crippen molar-refractivity contribution in [3.63, 3.8) is 0 Å². The van der Waals surface area contributed by atoms with Crippen molar-refractivity contribution >= 4 is 11.6 Å². The Morgan fingerprint density at radius 2 is 1.94 bits per heavy atom. The summed E-state index contributed by atoms with van der Waals surface area (Å²) in [4.78, 5) is 0. The molecule has 1 N–H and O–H groups in total. The molecule has 2 rings (SSSR count). The minimum atomic E-state index is -0.366. The zero-order valence-electron chi connectivity index (χ0n) is 9.08. The molecule has 0 bridgehead atoms. The molecule has 0 aliphatic rings. The molecular formula is C13H10ClFO2. The maximum absolute atomic E-state index is 13.2. The standard InChI is InChI=1S/C13H10ClFO2/c1-17-13-5-3-9(15)7-10(13)8-2-4-11(14)12(16)6-8/h2-7,16H,1H3. The van der Waals surface area contributed by atoms with Crippen molar-refractivity contribution in [2.75, 3.05) is 7.11 Å². The van der Waals surface area contributed by atoms with E-state index in [1.54, 1.807) is 12.1 Å². The highest BCUT2D eigenvalue weighted by Gasteiger charge is 2.09. The minimum absolute atomic E-state index is 0.0459. The monoisotopic (exact) mass is 252 g/mol. The lowest BCUT2D eigenvalue weighted by atomic mass is 10.0. The van der Waals surface area contributed by atoms with Gasteiger partial charge in [0.2, 0.25) is 0 Å². The molecular weight excluding hydrogens is 243 g/mol. The number of halogens is 2. The molecule has 0 aromatic heterocycles. The normalized spacial score (nSPS) is 10.3. The molecule has 88 valence electrons. The summed E-state index contributed by atoms with van der Waals surface area (Å²) >= 11 is 5.72. The third-order valence-electron chi connectivity index (χ3n) is 2.42. The van der Waals surface area contributed by atoms with Gasteiger partial charge in [-0.1, -0.05) is 17.7 Å². The Bertz CT molecular complexity index is 555. The van der Waals surface area contributed by atoms with E-state index in [1.165, 1.54) is 31.4 Å². The van der Waals surface area contributed by atoms with Crippen LogP contribution in [0.5, 0.6) is 11.5 Å². The van der Waals surface area contributed by atoms with E-state index in [4.69, 9.17) is 16.3 Å². The van der Waals surface area contributed by atoms with Crippen LogP contribution in [0.4, 0.5) is 4.39 Å². The predicted molar refractivity (Wildman–Crippen MR) is 65.1 cm³/mol. The summed E-state index contributed by atoms with van der Waals surface area (Å²) in [5, 5.41) is 9.78. The summed E-state index contributed by atoms with van der Waals surface area (Å²) in [6.07, 6.45) is 0. The number of phenolic OH excluding ortho intramolecular Hbond substituents is 1. The maximum Gasteiger partial charge on any atom is 0.134 e. The van der Waals surface area contributed by atoms with Crippen LogP contribution in [0.25, 0.3) is 11.1 Å². The van der Waals surface area contributed by atoms with Crippen LogP contribution in [0.1, 0.15) is 0 Å². The molecule has 0 aliphatic carbocycles. The van der Waals surface area contributed by atoms with Crippen molar-refractivity contribution in [3.05, 3.63) is 47.2 Å². The zero-order chi connectivity index (χ0) is 12.4. The summed E-state index contributed by atoms with van der Waals surface area (Å²) in [5.41, 5.74) is 1.21. The van der Waals surface area contributed by atoms with Gasteiger partial charge in [-0.15, -0.1) is 0 Å². The highest BCUT2D eigenvalue weighted by molar-refractivity contribution is 6.32. The first-order valence-electron chi connectivity index (χ1n) is 4.94. The summed E-state index contributed by atoms with van der Waals surface area (Å²) < 4.78 is 18.3. The highest BCUT2D eigenvalue weighted by Crippen LogP contribution is 2.34. The van der Waals surface area contributed by atoms with Crippen molar-refractivity contribution in [2.24, 2.45) is 0 Å². The van der Waals surface area contributed by atoms with Crippen molar-refractivity contribution in [3.8, 4) is 22.6 Å². The second-order valence-electron chi connectivity index (χ2n) is 3.51. The molecule has 0 amide bonds. The van der Waals surface area contributed by atoms with E-state index in [-0.39, 0.29) is 16.6 Å². The second-order valence-corrected chi connectivity index (χ2v) is 3.92. The lowest BCUT2D eigenvalue weighted by molar-refractivity contribution is 0.415. The molecule has 0 heterocycles. The van der Waals surface area contributed by atoms with E-state index in [1.807, 2.05) is 0 Å². The van der Waals surface area contributed by atoms with Crippen LogP contribution in [0, 0.1) is 5.82 Å². The Morgan fingerprint density at radius 3 is 2.59 bits per heavy atom. The van der Waals surface area contributed by atoms with Crippen LogP contribution in [0.15, 0.2) is 36.4 Å². The topological polar surface area (TPSA) is 29.5 Å². The molecule has 2 nitrogen and oxygen atoms in total. The summed E-state index contributed by atoms with van der Waals surface area (Å²) in [6.45, 7) is 0. The number of hydrogen-bond acceptors (Lipinski definition) is 2. The fourth-order valence-electron chi connectivity index (χ4n) is 1.59. The predicted octanol–water partition coefficient (Wildman–Crippen LogP) is 3.86. The molecule has 0 fully saturated rings. The van der Waals surface area contributed by atoms with Crippen molar-refractivity contribution < 1.29 is 14.2 Å². The molecule has 0 aliphatic heterocycles. The van der Waals surface area contributed by atoms with Gasteiger partial charge in [-0.25, -0.2) is 4.39 Å². The smallest absolute Gasteiger partial charge is 0.134 e. The number of phenols is 1. The lowest BCUT2D eigenvalue weighted by Crippen LogP contribution is -1.89. The summed E-state index contributed by atoms with van der Waals surface area (Å²) in [7, 11) is 1.51. The van der Waals surface area contributed by atoms with E-state index in [9.17, 15) is 9.50 Å². The number of benzene rings is 2. The third kappa shape index (κ3) is 2.34. The van der Waals surface area contributed by atoms with Crippen molar-refractivity contribution in [2.45, 2.75) is 0 Å². The largest absolute Gasteiger partial charge is 0.506 e. The second kappa shape index (κ2) is 4.63. The van der Waals surface area contributed by atoms with Gasteiger partial charge in [-0.05, 0) is 35.9 Å². The van der Waals surface area contributed by atoms with Gasteiger partial charge in [0.15, 0.2) is 0 Å². The third-order valence-corrected chi connectivity index (χ3v) is 2.74. The fraction of sp³-hybridized carbons (Fsp3) is 0.0769. The minimum Gasteiger partial charge on any atom is -0.506 e. The SMILES string of the molecule is COc1ccc(F)cc1-c1ccc(Cl)c(O)c1. The highest BCUT2D eigenvalue weighted by atomic mass is 35.5. The molecule has 0 unspecified atom stereocenters. The zero-order valence-corrected chi connectivity index (χ0v) is 9.83. The van der Waals surface area contributed by atoms with E-state index < -0.39 is 0 Å². The Hall–Kier alpha value is -1.74. The number of hydrogen-bond donors (Lipinski definition) is 1. The molecule has 2 aromatic carbocycles. The average molecular weight is 253 g/mol. The Balaban J connectivity index is 2.58. The number of methoxy groups -OCH3 is 1. The molecule has 0 radical (unpaired) electrons. The van der Waals surface area contributed by atoms with Crippen LogP contribution >= 0.6 is 11.6 Å². The molecule has 0 saturated heterocycles. The summed E-state index contributed by atoms with van der Waals surface area (Å²) in [6, 6.07) is 8.92. The van der Waals surface area contributed by atoms with Gasteiger partial charge in [0.25, 0.3) is 0 Å². The van der Waals surface area contributed by atoms with Gasteiger partial charge in [-0.3, -0.25) is 0 Å². The van der Waals surface area contributed by atoms with Gasteiger partial charge in [0, 0.05) is 5.56 Å². The molecule has 0 spiro atoms. The number of rotatable bonds is 2. The molecule has 2 aromatic rings. The van der Waals surface area contributed by atoms with E-state index >= 15 is 0 Å². The van der Waals surface area contributed by atoms with E-state index in [0.717, 1.165) is 0 Å². The van der Waals surface area contributed by atoms with Gasteiger partial charge in [0.1, 0.15) is 17.3 Å². The van der Waals surface area contributed by atoms with Crippen LogP contribution in [0.3, 0.4) is 0 Å². The van der Waals surface area contributed by atoms with Gasteiger partial charge < -0.3 is 9.84 Å². The molecule has 17 heavy (non-hydrogen) atoms. The molecule has 0 saturated carbocycles. The molecule has 4 heteroatoms. The van der Waals surface area contributed by atoms with Crippen LogP contribution in [0.2, 0.25) is 5.02 Å². The van der Waals surface area contributed by atoms with Crippen LogP contribution < -0.4 is 4.74 Å². The molecule has 0 atom stereocenters. The van der Waals surface area contributed by atoms with Crippen LogP contribution in [-0.2, 0) is 0 Å². The first-order valence-corrected chi connectivity index (χ1v) is 5.32. The fourth-order valence-corrected chi connectivity index (χ4v) is 1.70. The number of aromatic hydroxyl groups is 1. The summed E-state index contributed by atoms with van der Waals surface area (Å²) in [5.74, 6) is 0.124. The van der Waals surface area contributed by atoms with Gasteiger partial charge in [0.05, 0.1) is 12.1 Å². The van der Waals surface area contributed by atoms with E-state index in [0.29, 0.717) is 16.9 Å². The van der Waals surface area contributed by atoms with Gasteiger partial charge in [-0.2, -0.15) is 0 Å². The maximum atomic E-state index is 13.2. The first-order chi connectivity index (χ1) is 8.11. The van der Waals surface area contributed by atoms with E-state index in [2.05, 4.69) is 0 Å².